The molecule has 0 fully saturated rings. The average molecular weight is 329 g/mol. The molecule has 1 unspecified atom stereocenters. The van der Waals surface area contributed by atoms with Gasteiger partial charge < -0.3 is 5.32 Å². The highest BCUT2D eigenvalue weighted by Crippen LogP contribution is 2.34. The molecule has 4 rings (SSSR count). The number of benzene rings is 2. The van der Waals surface area contributed by atoms with Gasteiger partial charge in [0.05, 0.1) is 11.1 Å². The summed E-state index contributed by atoms with van der Waals surface area (Å²) in [6, 6.07) is 12.5. The molecule has 2 aliphatic rings. The summed E-state index contributed by atoms with van der Waals surface area (Å²) in [6.07, 6.45) is 7.20. The van der Waals surface area contributed by atoms with Crippen molar-refractivity contribution in [3.05, 3.63) is 88.5 Å². The maximum atomic E-state index is 13.1. The zero-order valence-electron chi connectivity index (χ0n) is 14.3. The van der Waals surface area contributed by atoms with Crippen LogP contribution in [0.1, 0.15) is 52.1 Å². The van der Waals surface area contributed by atoms with Gasteiger partial charge in [-0.05, 0) is 26.3 Å². The molecule has 1 N–H and O–H groups in total. The highest BCUT2D eigenvalue weighted by atomic mass is 16.1. The number of carbonyl (C=O) groups is 2. The van der Waals surface area contributed by atoms with Gasteiger partial charge in [-0.1, -0.05) is 60.2 Å². The van der Waals surface area contributed by atoms with Crippen LogP contribution in [0.5, 0.6) is 0 Å². The van der Waals surface area contributed by atoms with E-state index in [0.717, 1.165) is 6.42 Å². The Kier molecular flexibility index (Phi) is 3.46. The molecule has 0 bridgehead atoms. The summed E-state index contributed by atoms with van der Waals surface area (Å²) in [7, 11) is 0. The van der Waals surface area contributed by atoms with Crippen molar-refractivity contribution in [3.63, 3.8) is 0 Å². The first-order valence-corrected chi connectivity index (χ1v) is 8.44. The Hall–Kier alpha value is -2.94. The van der Waals surface area contributed by atoms with E-state index in [4.69, 9.17) is 0 Å². The summed E-state index contributed by atoms with van der Waals surface area (Å²) in [6.45, 7) is 4.16. The fraction of sp³-hybridized carbons (Fsp3) is 0.182. The van der Waals surface area contributed by atoms with Gasteiger partial charge in [0, 0.05) is 22.4 Å². The molecular formula is C22H19NO2. The molecule has 3 nitrogen and oxygen atoms in total. The van der Waals surface area contributed by atoms with E-state index in [1.165, 1.54) is 5.57 Å². The van der Waals surface area contributed by atoms with Crippen LogP contribution in [0.3, 0.4) is 0 Å². The monoisotopic (exact) mass is 329 g/mol. The topological polar surface area (TPSA) is 46.2 Å². The van der Waals surface area contributed by atoms with Gasteiger partial charge in [0.25, 0.3) is 0 Å². The van der Waals surface area contributed by atoms with Gasteiger partial charge in [-0.3, -0.25) is 9.59 Å². The smallest absolute Gasteiger partial charge is 0.196 e. The van der Waals surface area contributed by atoms with Crippen LogP contribution in [0, 0.1) is 0 Å². The predicted molar refractivity (Wildman–Crippen MR) is 99.3 cm³/mol. The highest BCUT2D eigenvalue weighted by molar-refractivity contribution is 6.30. The standard InChI is InChI=1S/C22H19NO2/c1-14-10-12-22(2,13-11-14)23-18-9-5-8-17-19(18)21(25)16-7-4-3-6-15(16)20(17)24/h3-12,23H,13H2,1-2H3. The van der Waals surface area contributed by atoms with E-state index in [1.54, 1.807) is 30.3 Å². The van der Waals surface area contributed by atoms with E-state index in [1.807, 2.05) is 12.1 Å². The van der Waals surface area contributed by atoms with Gasteiger partial charge in [-0.2, -0.15) is 0 Å². The average Bonchev–Trinajstić information content (AvgIpc) is 2.62. The van der Waals surface area contributed by atoms with Crippen LogP contribution in [-0.2, 0) is 0 Å². The third kappa shape index (κ3) is 2.52. The fourth-order valence-corrected chi connectivity index (χ4v) is 3.47. The van der Waals surface area contributed by atoms with Crippen molar-refractivity contribution in [2.45, 2.75) is 25.8 Å². The van der Waals surface area contributed by atoms with Gasteiger partial charge in [0.2, 0.25) is 0 Å². The summed E-state index contributed by atoms with van der Waals surface area (Å²) < 4.78 is 0. The van der Waals surface area contributed by atoms with Gasteiger partial charge in [-0.15, -0.1) is 0 Å². The summed E-state index contributed by atoms with van der Waals surface area (Å²) >= 11 is 0. The lowest BCUT2D eigenvalue weighted by molar-refractivity contribution is 0.0979. The number of fused-ring (bicyclic) bond motifs is 2. The van der Waals surface area contributed by atoms with Gasteiger partial charge in [0.15, 0.2) is 11.6 Å². The van der Waals surface area contributed by atoms with Crippen LogP contribution in [-0.4, -0.2) is 17.1 Å². The molecule has 0 spiro atoms. The normalized spacial score (nSPS) is 21.4. The van der Waals surface area contributed by atoms with Crippen molar-refractivity contribution in [1.82, 2.24) is 0 Å². The number of allylic oxidation sites excluding steroid dienone is 2. The van der Waals surface area contributed by atoms with Crippen molar-refractivity contribution >= 4 is 17.3 Å². The molecule has 3 heteroatoms. The quantitative estimate of drug-likeness (QED) is 0.751. The molecule has 0 saturated carbocycles. The Balaban J connectivity index is 1.79. The van der Waals surface area contributed by atoms with Gasteiger partial charge in [-0.25, -0.2) is 0 Å². The van der Waals surface area contributed by atoms with Crippen molar-refractivity contribution < 1.29 is 9.59 Å². The molecule has 0 amide bonds. The van der Waals surface area contributed by atoms with E-state index in [9.17, 15) is 9.59 Å². The second-order valence-corrected chi connectivity index (χ2v) is 6.96. The zero-order valence-corrected chi connectivity index (χ0v) is 14.3. The lowest BCUT2D eigenvalue weighted by atomic mass is 9.82. The van der Waals surface area contributed by atoms with Crippen LogP contribution >= 0.6 is 0 Å². The number of hydrogen-bond acceptors (Lipinski definition) is 3. The van der Waals surface area contributed by atoms with Crippen LogP contribution in [0.4, 0.5) is 5.69 Å². The van der Waals surface area contributed by atoms with E-state index < -0.39 is 0 Å². The summed E-state index contributed by atoms with van der Waals surface area (Å²) in [5.74, 6) is -0.183. The summed E-state index contributed by atoms with van der Waals surface area (Å²) in [5.41, 5.74) is 3.58. The van der Waals surface area contributed by atoms with Crippen molar-refractivity contribution in [1.29, 1.82) is 0 Å². The van der Waals surface area contributed by atoms with E-state index in [2.05, 4.69) is 37.4 Å². The van der Waals surface area contributed by atoms with E-state index in [0.29, 0.717) is 27.9 Å². The summed E-state index contributed by atoms with van der Waals surface area (Å²) in [5, 5.41) is 3.48. The minimum atomic E-state index is -0.283. The van der Waals surface area contributed by atoms with Crippen LogP contribution in [0.15, 0.2) is 66.3 Å². The maximum Gasteiger partial charge on any atom is 0.196 e. The number of hydrogen-bond donors (Lipinski definition) is 1. The third-order valence-electron chi connectivity index (χ3n) is 4.93. The van der Waals surface area contributed by atoms with Gasteiger partial charge >= 0.3 is 0 Å². The molecule has 0 heterocycles. The number of nitrogens with one attached hydrogen (secondary N) is 1. The Labute approximate surface area is 147 Å². The molecule has 2 aromatic rings. The Morgan fingerprint density at radius 3 is 2.28 bits per heavy atom. The SMILES string of the molecule is CC1=CCC(C)(Nc2cccc3c2C(=O)c2ccccc2C3=O)C=C1. The van der Waals surface area contributed by atoms with Crippen LogP contribution in [0.25, 0.3) is 0 Å². The number of rotatable bonds is 2. The third-order valence-corrected chi connectivity index (χ3v) is 4.93. The fourth-order valence-electron chi connectivity index (χ4n) is 3.47. The molecule has 0 aromatic heterocycles. The lowest BCUT2D eigenvalue weighted by Crippen LogP contribution is -2.34. The minimum Gasteiger partial charge on any atom is -0.375 e. The zero-order chi connectivity index (χ0) is 17.6. The van der Waals surface area contributed by atoms with Crippen molar-refractivity contribution in [2.24, 2.45) is 0 Å². The van der Waals surface area contributed by atoms with Crippen LogP contribution < -0.4 is 5.32 Å². The molecule has 2 aromatic carbocycles. The largest absolute Gasteiger partial charge is 0.375 e. The van der Waals surface area contributed by atoms with E-state index >= 15 is 0 Å². The van der Waals surface area contributed by atoms with Crippen molar-refractivity contribution in [2.75, 3.05) is 5.32 Å². The molecule has 0 aliphatic heterocycles. The molecule has 1 atom stereocenters. The summed E-state index contributed by atoms with van der Waals surface area (Å²) in [4.78, 5) is 25.9. The first-order valence-electron chi connectivity index (χ1n) is 8.44. The molecule has 124 valence electrons. The first kappa shape index (κ1) is 15.6. The highest BCUT2D eigenvalue weighted by Gasteiger charge is 2.33. The Bertz CT molecular complexity index is 968. The molecular weight excluding hydrogens is 310 g/mol. The maximum absolute atomic E-state index is 13.1. The number of carbonyl (C=O) groups excluding carboxylic acids is 2. The van der Waals surface area contributed by atoms with Crippen molar-refractivity contribution in [3.8, 4) is 0 Å². The first-order chi connectivity index (χ1) is 12.0. The Morgan fingerprint density at radius 1 is 0.920 bits per heavy atom. The predicted octanol–water partition coefficient (Wildman–Crippen LogP) is 4.54. The molecule has 25 heavy (non-hydrogen) atoms. The van der Waals surface area contributed by atoms with Crippen LogP contribution in [0.2, 0.25) is 0 Å². The van der Waals surface area contributed by atoms with Gasteiger partial charge in [0.1, 0.15) is 0 Å². The Morgan fingerprint density at radius 2 is 1.60 bits per heavy atom. The number of anilines is 1. The molecule has 0 saturated heterocycles. The van der Waals surface area contributed by atoms with E-state index in [-0.39, 0.29) is 17.1 Å². The minimum absolute atomic E-state index is 0.0890. The molecule has 0 radical (unpaired) electrons. The second-order valence-electron chi connectivity index (χ2n) is 6.96. The number of ketones is 2. The second kappa shape index (κ2) is 5.55. The lowest BCUT2D eigenvalue weighted by Gasteiger charge is -2.32. The molecule has 2 aliphatic carbocycles.